The van der Waals surface area contributed by atoms with E-state index in [1.54, 1.807) is 42.6 Å². The zero-order valence-corrected chi connectivity index (χ0v) is 22.4. The molecule has 0 saturated heterocycles. The average molecular weight is 563 g/mol. The normalized spacial score (nSPS) is 14.9. The van der Waals surface area contributed by atoms with Crippen LogP contribution in [0.25, 0.3) is 11.0 Å². The van der Waals surface area contributed by atoms with Crippen molar-refractivity contribution in [2.75, 3.05) is 18.1 Å². The lowest BCUT2D eigenvalue weighted by atomic mass is 9.98. The van der Waals surface area contributed by atoms with Crippen LogP contribution in [-0.4, -0.2) is 24.1 Å². The maximum Gasteiger partial charge on any atom is 0.296 e. The zero-order chi connectivity index (χ0) is 26.1. The molecular weight excluding hydrogens is 536 g/mol. The average Bonchev–Trinajstić information content (AvgIpc) is 3.18. The second-order valence-corrected chi connectivity index (χ2v) is 10.2. The molecule has 190 valence electrons. The molecule has 0 aliphatic carbocycles. The number of anilines is 1. The van der Waals surface area contributed by atoms with Gasteiger partial charge in [-0.2, -0.15) is 0 Å². The van der Waals surface area contributed by atoms with Gasteiger partial charge >= 0.3 is 0 Å². The van der Waals surface area contributed by atoms with Gasteiger partial charge in [0.25, 0.3) is 5.91 Å². The topological polar surface area (TPSA) is 81.9 Å². The Kier molecular flexibility index (Phi) is 7.02. The van der Waals surface area contributed by atoms with E-state index in [1.807, 2.05) is 25.1 Å². The first-order chi connectivity index (χ1) is 17.9. The maximum atomic E-state index is 13.8. The number of pyridine rings is 1. The largest absolute Gasteiger partial charge is 0.490 e. The van der Waals surface area contributed by atoms with Gasteiger partial charge in [0.2, 0.25) is 5.76 Å². The second kappa shape index (κ2) is 10.4. The van der Waals surface area contributed by atoms with Crippen LogP contribution in [0.4, 0.5) is 5.82 Å². The number of aromatic nitrogens is 1. The highest BCUT2D eigenvalue weighted by molar-refractivity contribution is 9.10. The SMILES string of the molecule is CCOc1cc(C2c3c(oc4ccc(Br)cc4c3=O)C(=O)N2c2ccccn2)ccc1OCCC(C)C. The third kappa shape index (κ3) is 4.73. The molecule has 0 N–H and O–H groups in total. The number of nitrogens with zero attached hydrogens (tertiary/aromatic N) is 2. The Morgan fingerprint density at radius 3 is 2.62 bits per heavy atom. The fourth-order valence-electron chi connectivity index (χ4n) is 4.48. The van der Waals surface area contributed by atoms with Crippen LogP contribution in [0.3, 0.4) is 0 Å². The number of hydrogen-bond acceptors (Lipinski definition) is 6. The van der Waals surface area contributed by atoms with Crippen molar-refractivity contribution < 1.29 is 18.7 Å². The lowest BCUT2D eigenvalue weighted by Crippen LogP contribution is -2.30. The summed E-state index contributed by atoms with van der Waals surface area (Å²) < 4.78 is 18.7. The maximum absolute atomic E-state index is 13.8. The minimum Gasteiger partial charge on any atom is -0.490 e. The van der Waals surface area contributed by atoms with E-state index in [1.165, 1.54) is 4.90 Å². The Bertz CT molecular complexity index is 1520. The van der Waals surface area contributed by atoms with Crippen LogP contribution in [0.15, 0.2) is 74.5 Å². The van der Waals surface area contributed by atoms with Gasteiger partial charge in [-0.25, -0.2) is 4.98 Å². The molecule has 0 bridgehead atoms. The minimum atomic E-state index is -0.749. The second-order valence-electron chi connectivity index (χ2n) is 9.25. The van der Waals surface area contributed by atoms with E-state index in [4.69, 9.17) is 13.9 Å². The van der Waals surface area contributed by atoms with Gasteiger partial charge in [-0.15, -0.1) is 0 Å². The van der Waals surface area contributed by atoms with Gasteiger partial charge in [-0.1, -0.05) is 41.9 Å². The first-order valence-electron chi connectivity index (χ1n) is 12.3. The number of amides is 1. The lowest BCUT2D eigenvalue weighted by molar-refractivity contribution is 0.0970. The monoisotopic (exact) mass is 562 g/mol. The van der Waals surface area contributed by atoms with Crippen LogP contribution in [0, 0.1) is 5.92 Å². The van der Waals surface area contributed by atoms with Crippen molar-refractivity contribution in [1.82, 2.24) is 4.98 Å². The summed E-state index contributed by atoms with van der Waals surface area (Å²) in [6, 6.07) is 15.3. The van der Waals surface area contributed by atoms with Crippen molar-refractivity contribution in [3.8, 4) is 11.5 Å². The molecule has 1 unspecified atom stereocenters. The van der Waals surface area contributed by atoms with Crippen LogP contribution in [0.5, 0.6) is 11.5 Å². The van der Waals surface area contributed by atoms with Gasteiger partial charge in [-0.05, 0) is 67.3 Å². The number of ether oxygens (including phenoxy) is 2. The van der Waals surface area contributed by atoms with Gasteiger partial charge in [-0.3, -0.25) is 14.5 Å². The van der Waals surface area contributed by atoms with Crippen LogP contribution < -0.4 is 19.8 Å². The summed E-state index contributed by atoms with van der Waals surface area (Å²) in [5.74, 6) is 1.70. The molecule has 1 aliphatic rings. The molecule has 3 heterocycles. The number of carbonyl (C=O) groups excluding carboxylic acids is 1. The molecule has 8 heteroatoms. The highest BCUT2D eigenvalue weighted by atomic mass is 79.9. The summed E-state index contributed by atoms with van der Waals surface area (Å²) in [6.45, 7) is 7.19. The molecule has 7 nitrogen and oxygen atoms in total. The van der Waals surface area contributed by atoms with E-state index in [-0.39, 0.29) is 16.8 Å². The first-order valence-corrected chi connectivity index (χ1v) is 13.1. The predicted octanol–water partition coefficient (Wildman–Crippen LogP) is 6.52. The Labute approximate surface area is 223 Å². The fraction of sp³-hybridized carbons (Fsp3) is 0.276. The third-order valence-corrected chi connectivity index (χ3v) is 6.76. The highest BCUT2D eigenvalue weighted by Gasteiger charge is 2.44. The molecule has 1 atom stereocenters. The molecule has 0 saturated carbocycles. The van der Waals surface area contributed by atoms with Crippen molar-refractivity contribution in [1.29, 1.82) is 0 Å². The zero-order valence-electron chi connectivity index (χ0n) is 20.9. The van der Waals surface area contributed by atoms with Crippen LogP contribution in [0.1, 0.15) is 54.9 Å². The third-order valence-electron chi connectivity index (χ3n) is 6.26. The predicted molar refractivity (Wildman–Crippen MR) is 146 cm³/mol. The molecule has 2 aromatic heterocycles. The number of benzene rings is 2. The standard InChI is InChI=1S/C29H27BrN2O5/c1-4-35-23-15-18(8-10-22(23)36-14-12-17(2)3)26-25-27(33)20-16-19(30)9-11-21(20)37-28(25)29(34)32(26)24-7-5-6-13-31-24/h5-11,13,15-17,26H,4,12,14H2,1-3H3. The van der Waals surface area contributed by atoms with E-state index in [0.717, 1.165) is 10.9 Å². The quantitative estimate of drug-likeness (QED) is 0.243. The van der Waals surface area contributed by atoms with E-state index < -0.39 is 11.9 Å². The molecule has 4 aromatic rings. The van der Waals surface area contributed by atoms with Crippen LogP contribution in [-0.2, 0) is 0 Å². The number of hydrogen-bond donors (Lipinski definition) is 0. The highest BCUT2D eigenvalue weighted by Crippen LogP contribution is 2.43. The Hall–Kier alpha value is -3.65. The van der Waals surface area contributed by atoms with Crippen molar-refractivity contribution in [3.05, 3.63) is 92.4 Å². The molecule has 5 rings (SSSR count). The summed E-state index contributed by atoms with van der Waals surface area (Å²) in [5.41, 5.74) is 1.06. The van der Waals surface area contributed by atoms with E-state index in [9.17, 15) is 9.59 Å². The summed E-state index contributed by atoms with van der Waals surface area (Å²) in [7, 11) is 0. The number of carbonyl (C=O) groups is 1. The summed E-state index contributed by atoms with van der Waals surface area (Å²) in [5, 5.41) is 0.396. The summed E-state index contributed by atoms with van der Waals surface area (Å²) >= 11 is 3.43. The molecule has 37 heavy (non-hydrogen) atoms. The molecular formula is C29H27BrN2O5. The lowest BCUT2D eigenvalue weighted by Gasteiger charge is -2.25. The molecule has 1 amide bonds. The van der Waals surface area contributed by atoms with E-state index in [2.05, 4.69) is 34.8 Å². The van der Waals surface area contributed by atoms with Gasteiger partial charge in [0, 0.05) is 10.7 Å². The Morgan fingerprint density at radius 1 is 1.05 bits per heavy atom. The smallest absolute Gasteiger partial charge is 0.296 e. The molecule has 1 aliphatic heterocycles. The van der Waals surface area contributed by atoms with Crippen molar-refractivity contribution in [3.63, 3.8) is 0 Å². The Balaban J connectivity index is 1.68. The molecule has 0 radical (unpaired) electrons. The van der Waals surface area contributed by atoms with Crippen molar-refractivity contribution in [2.45, 2.75) is 33.2 Å². The van der Waals surface area contributed by atoms with Gasteiger partial charge < -0.3 is 13.9 Å². The van der Waals surface area contributed by atoms with Crippen molar-refractivity contribution in [2.24, 2.45) is 5.92 Å². The Morgan fingerprint density at radius 2 is 1.89 bits per heavy atom. The molecule has 2 aromatic carbocycles. The number of fused-ring (bicyclic) bond motifs is 2. The van der Waals surface area contributed by atoms with Crippen molar-refractivity contribution >= 4 is 38.6 Å². The summed E-state index contributed by atoms with van der Waals surface area (Å²) in [6.07, 6.45) is 2.53. The van der Waals surface area contributed by atoms with Crippen LogP contribution >= 0.6 is 15.9 Å². The fourth-order valence-corrected chi connectivity index (χ4v) is 4.84. The van der Waals surface area contributed by atoms with Gasteiger partial charge in [0.1, 0.15) is 11.4 Å². The molecule has 0 spiro atoms. The summed E-state index contributed by atoms with van der Waals surface area (Å²) in [4.78, 5) is 33.5. The molecule has 0 fully saturated rings. The first kappa shape index (κ1) is 25.0. The van der Waals surface area contributed by atoms with E-state index in [0.29, 0.717) is 53.0 Å². The van der Waals surface area contributed by atoms with Crippen LogP contribution in [0.2, 0.25) is 0 Å². The minimum absolute atomic E-state index is 0.0192. The van der Waals surface area contributed by atoms with Gasteiger partial charge in [0.05, 0.1) is 30.2 Å². The van der Waals surface area contributed by atoms with E-state index >= 15 is 0 Å². The number of rotatable bonds is 8. The number of halogens is 1. The van der Waals surface area contributed by atoms with Gasteiger partial charge in [0.15, 0.2) is 16.9 Å².